The molecule has 2 unspecified atom stereocenters. The second kappa shape index (κ2) is 7.88. The van der Waals surface area contributed by atoms with Crippen LogP contribution in [0, 0.1) is 6.92 Å². The molecule has 5 heteroatoms. The Balaban J connectivity index is 1.25. The smallest absolute Gasteiger partial charge is 0.255 e. The van der Waals surface area contributed by atoms with Gasteiger partial charge in [0.1, 0.15) is 0 Å². The predicted octanol–water partition coefficient (Wildman–Crippen LogP) is 4.57. The molecule has 5 rings (SSSR count). The first kappa shape index (κ1) is 19.3. The van der Waals surface area contributed by atoms with E-state index in [4.69, 9.17) is 0 Å². The maximum absolute atomic E-state index is 12.8. The summed E-state index contributed by atoms with van der Waals surface area (Å²) in [5, 5.41) is 3.09. The monoisotopic (exact) mass is 402 g/mol. The van der Waals surface area contributed by atoms with Crippen LogP contribution in [0.1, 0.15) is 47.7 Å². The molecule has 0 saturated carbocycles. The average molecular weight is 403 g/mol. The summed E-state index contributed by atoms with van der Waals surface area (Å²) in [5.41, 5.74) is 6.01. The third-order valence-electron chi connectivity index (χ3n) is 6.94. The molecule has 0 spiro atoms. The third kappa shape index (κ3) is 3.63. The number of hydrogen-bond acceptors (Lipinski definition) is 4. The number of benzene rings is 2. The van der Waals surface area contributed by atoms with Gasteiger partial charge in [0.15, 0.2) is 0 Å². The van der Waals surface area contributed by atoms with Crippen LogP contribution >= 0.6 is 0 Å². The molecule has 1 N–H and O–H groups in total. The van der Waals surface area contributed by atoms with Crippen LogP contribution in [0.25, 0.3) is 0 Å². The van der Waals surface area contributed by atoms with Crippen LogP contribution in [0.2, 0.25) is 0 Å². The zero-order valence-electron chi connectivity index (χ0n) is 17.9. The van der Waals surface area contributed by atoms with Crippen molar-refractivity contribution in [2.24, 2.45) is 4.99 Å². The number of carbonyl (C=O) groups is 1. The maximum Gasteiger partial charge on any atom is 0.255 e. The van der Waals surface area contributed by atoms with E-state index < -0.39 is 0 Å². The van der Waals surface area contributed by atoms with Gasteiger partial charge in [0.25, 0.3) is 5.91 Å². The molecule has 2 aromatic carbocycles. The summed E-state index contributed by atoms with van der Waals surface area (Å²) in [6.07, 6.45) is 6.60. The van der Waals surface area contributed by atoms with Crippen molar-refractivity contribution in [2.75, 3.05) is 29.9 Å². The Morgan fingerprint density at radius 2 is 2.03 bits per heavy atom. The van der Waals surface area contributed by atoms with Crippen LogP contribution in [-0.2, 0) is 6.42 Å². The molecule has 3 heterocycles. The number of likely N-dealkylation sites (tertiary alicyclic amines) is 1. The summed E-state index contributed by atoms with van der Waals surface area (Å²) in [6.45, 7) is 7.90. The van der Waals surface area contributed by atoms with Crippen LogP contribution in [-0.4, -0.2) is 48.7 Å². The van der Waals surface area contributed by atoms with Crippen molar-refractivity contribution in [3.05, 3.63) is 53.1 Å². The van der Waals surface area contributed by atoms with Gasteiger partial charge in [-0.1, -0.05) is 0 Å². The molecule has 0 aliphatic carbocycles. The summed E-state index contributed by atoms with van der Waals surface area (Å²) in [5.74, 6) is -0.0650. The molecule has 3 aliphatic heterocycles. The molecule has 5 nitrogen and oxygen atoms in total. The van der Waals surface area contributed by atoms with Gasteiger partial charge in [-0.15, -0.1) is 0 Å². The van der Waals surface area contributed by atoms with Crippen molar-refractivity contribution in [3.8, 4) is 0 Å². The van der Waals surface area contributed by atoms with E-state index in [1.807, 2.05) is 30.5 Å². The highest BCUT2D eigenvalue weighted by Gasteiger charge is 2.33. The lowest BCUT2D eigenvalue weighted by atomic mass is 10.1. The molecule has 30 heavy (non-hydrogen) atoms. The topological polar surface area (TPSA) is 47.9 Å². The van der Waals surface area contributed by atoms with Gasteiger partial charge in [-0.2, -0.15) is 0 Å². The summed E-state index contributed by atoms with van der Waals surface area (Å²) < 4.78 is 0. The van der Waals surface area contributed by atoms with Gasteiger partial charge in [0, 0.05) is 54.7 Å². The molecule has 0 aromatic heterocycles. The van der Waals surface area contributed by atoms with Gasteiger partial charge >= 0.3 is 0 Å². The Morgan fingerprint density at radius 3 is 2.83 bits per heavy atom. The summed E-state index contributed by atoms with van der Waals surface area (Å²) in [4.78, 5) is 22.3. The maximum atomic E-state index is 12.8. The fraction of sp³-hybridized carbons (Fsp3) is 0.440. The van der Waals surface area contributed by atoms with Crippen LogP contribution < -0.4 is 10.2 Å². The molecular weight excluding hydrogens is 372 g/mol. The van der Waals surface area contributed by atoms with Crippen LogP contribution in [0.5, 0.6) is 0 Å². The van der Waals surface area contributed by atoms with Crippen molar-refractivity contribution in [1.29, 1.82) is 0 Å². The van der Waals surface area contributed by atoms with E-state index in [1.54, 1.807) is 0 Å². The summed E-state index contributed by atoms with van der Waals surface area (Å²) >= 11 is 0. The molecule has 2 saturated heterocycles. The van der Waals surface area contributed by atoms with E-state index in [2.05, 4.69) is 46.1 Å². The zero-order valence-corrected chi connectivity index (χ0v) is 17.9. The molecule has 0 bridgehead atoms. The third-order valence-corrected chi connectivity index (χ3v) is 6.94. The molecule has 2 fully saturated rings. The number of aliphatic imine (C=N–C) groups is 1. The van der Waals surface area contributed by atoms with Gasteiger partial charge in [-0.05, 0) is 87.2 Å². The highest BCUT2D eigenvalue weighted by molar-refractivity contribution is 6.05. The number of fused-ring (bicyclic) bond motifs is 1. The molecular formula is C25H30N4O. The average Bonchev–Trinajstić information content (AvgIpc) is 3.48. The SMILES string of the molecule is Cc1cc(N2CCC(N3CCCC3C)C2)ccc1NC(=O)c1ccc2c(c1)CC=N2. The van der Waals surface area contributed by atoms with Gasteiger partial charge in [-0.25, -0.2) is 0 Å². The highest BCUT2D eigenvalue weighted by atomic mass is 16.1. The number of nitrogens with zero attached hydrogens (tertiary/aromatic N) is 3. The summed E-state index contributed by atoms with van der Waals surface area (Å²) in [6, 6.07) is 13.5. The lowest BCUT2D eigenvalue weighted by Crippen LogP contribution is -2.39. The highest BCUT2D eigenvalue weighted by Crippen LogP contribution is 2.30. The molecule has 2 atom stereocenters. The summed E-state index contributed by atoms with van der Waals surface area (Å²) in [7, 11) is 0. The van der Waals surface area contributed by atoms with Crippen molar-refractivity contribution < 1.29 is 4.79 Å². The van der Waals surface area contributed by atoms with E-state index >= 15 is 0 Å². The number of anilines is 2. The molecule has 1 amide bonds. The normalized spacial score (nSPS) is 23.2. The second-order valence-corrected chi connectivity index (χ2v) is 8.93. The fourth-order valence-corrected chi connectivity index (χ4v) is 5.18. The van der Waals surface area contributed by atoms with Crippen molar-refractivity contribution >= 4 is 29.2 Å². The van der Waals surface area contributed by atoms with Crippen molar-refractivity contribution in [1.82, 2.24) is 4.90 Å². The Bertz CT molecular complexity index is 999. The van der Waals surface area contributed by atoms with Gasteiger partial charge in [0.05, 0.1) is 5.69 Å². The predicted molar refractivity (Wildman–Crippen MR) is 123 cm³/mol. The number of nitrogens with one attached hydrogen (secondary N) is 1. The van der Waals surface area contributed by atoms with Crippen molar-refractivity contribution in [2.45, 2.75) is 51.6 Å². The van der Waals surface area contributed by atoms with E-state index in [9.17, 15) is 4.79 Å². The quantitative estimate of drug-likeness (QED) is 0.815. The first-order chi connectivity index (χ1) is 14.6. The minimum Gasteiger partial charge on any atom is -0.370 e. The fourth-order valence-electron chi connectivity index (χ4n) is 5.18. The lowest BCUT2D eigenvalue weighted by Gasteiger charge is -2.28. The number of carbonyl (C=O) groups excluding carboxylic acids is 1. The van der Waals surface area contributed by atoms with E-state index in [1.165, 1.54) is 31.5 Å². The first-order valence-corrected chi connectivity index (χ1v) is 11.2. The largest absolute Gasteiger partial charge is 0.370 e. The number of hydrogen-bond donors (Lipinski definition) is 1. The standard InChI is InChI=1S/C25H30N4O/c1-17-14-21(28-13-10-22(16-28)29-12-3-4-18(29)2)6-8-23(17)27-25(30)20-5-7-24-19(15-20)9-11-26-24/h5-8,11,14-15,18,22H,3-4,9-10,12-13,16H2,1-2H3,(H,27,30). The Morgan fingerprint density at radius 1 is 1.13 bits per heavy atom. The Kier molecular flexibility index (Phi) is 5.07. The first-order valence-electron chi connectivity index (χ1n) is 11.2. The number of rotatable bonds is 4. The van der Waals surface area contributed by atoms with Gasteiger partial charge in [0.2, 0.25) is 0 Å². The minimum atomic E-state index is -0.0650. The number of aryl methyl sites for hydroxylation is 1. The number of amides is 1. The Labute approximate surface area is 178 Å². The van der Waals surface area contributed by atoms with E-state index in [0.717, 1.165) is 48.1 Å². The Hall–Kier alpha value is -2.66. The van der Waals surface area contributed by atoms with Gasteiger partial charge < -0.3 is 10.2 Å². The van der Waals surface area contributed by atoms with Crippen LogP contribution in [0.4, 0.5) is 17.1 Å². The minimum absolute atomic E-state index is 0.0650. The van der Waals surface area contributed by atoms with Crippen molar-refractivity contribution in [3.63, 3.8) is 0 Å². The van der Waals surface area contributed by atoms with E-state index in [0.29, 0.717) is 11.6 Å². The molecule has 156 valence electrons. The molecule has 2 aromatic rings. The van der Waals surface area contributed by atoms with E-state index in [-0.39, 0.29) is 5.91 Å². The van der Waals surface area contributed by atoms with Crippen LogP contribution in [0.15, 0.2) is 41.4 Å². The lowest BCUT2D eigenvalue weighted by molar-refractivity contribution is 0.102. The zero-order chi connectivity index (χ0) is 20.7. The van der Waals surface area contributed by atoms with Gasteiger partial charge in [-0.3, -0.25) is 14.7 Å². The second-order valence-electron chi connectivity index (χ2n) is 8.93. The molecule has 0 radical (unpaired) electrons. The molecule has 3 aliphatic rings. The van der Waals surface area contributed by atoms with Crippen LogP contribution in [0.3, 0.4) is 0 Å².